The Morgan fingerprint density at radius 2 is 1.55 bits per heavy atom. The summed E-state index contributed by atoms with van der Waals surface area (Å²) in [4.78, 5) is 35.3. The summed E-state index contributed by atoms with van der Waals surface area (Å²) in [6, 6.07) is 2.15. The van der Waals surface area contributed by atoms with Crippen molar-refractivity contribution >= 4 is 18.0 Å². The molecule has 7 rings (SSSR count). The Kier molecular flexibility index (Phi) is 8.68. The summed E-state index contributed by atoms with van der Waals surface area (Å²) in [6.45, 7) is -2.44. The molecular formula is C33H22F12N6O5. The number of hydrogen-bond acceptors (Lipinski definition) is 8. The summed E-state index contributed by atoms with van der Waals surface area (Å²) in [5, 5.41) is 12.8. The average Bonchev–Trinajstić information content (AvgIpc) is 3.65. The molecule has 2 saturated heterocycles. The lowest BCUT2D eigenvalue weighted by Gasteiger charge is -2.38. The summed E-state index contributed by atoms with van der Waals surface area (Å²) in [6.07, 6.45) is -17.4. The molecule has 0 bridgehead atoms. The number of carbonyl (C=O) groups is 2. The lowest BCUT2D eigenvalue weighted by atomic mass is 9.95. The van der Waals surface area contributed by atoms with Crippen LogP contribution < -0.4 is 9.64 Å². The fourth-order valence-corrected chi connectivity index (χ4v) is 6.78. The number of carboxylic acid groups (broad SMARTS) is 1. The topological polar surface area (TPSA) is 123 Å². The Morgan fingerprint density at radius 3 is 2.07 bits per heavy atom. The van der Waals surface area contributed by atoms with Crippen LogP contribution in [0.15, 0.2) is 42.7 Å². The number of amides is 1. The number of alkyl halides is 11. The van der Waals surface area contributed by atoms with E-state index in [0.717, 1.165) is 29.2 Å². The van der Waals surface area contributed by atoms with Gasteiger partial charge in [-0.05, 0) is 42.7 Å². The van der Waals surface area contributed by atoms with E-state index in [1.165, 1.54) is 0 Å². The van der Waals surface area contributed by atoms with Crippen LogP contribution >= 0.6 is 0 Å². The standard InChI is InChI=1S/C33H22F12N6O5/c1-55-23-18(7-17(8-21(23)34)51-24(33(43,44)45)20(10-47-51)26(52)53)19-9-46-27(49-12-30(35,36)13-49)48-22(19)11-50-28(54)56-25(29(50)2-3-29)14-4-15(31(37,38)39)6-16(5-14)32(40,41)42/h4-10,25H,2-3,11-13H2,1H3,(H,52,53)/t25-/m1/s1. The molecule has 56 heavy (non-hydrogen) atoms. The average molecular weight is 811 g/mol. The van der Waals surface area contributed by atoms with E-state index in [4.69, 9.17) is 9.47 Å². The lowest BCUT2D eigenvalue weighted by molar-refractivity contribution is -0.144. The highest BCUT2D eigenvalue weighted by atomic mass is 19.4. The molecule has 23 heteroatoms. The van der Waals surface area contributed by atoms with Crippen molar-refractivity contribution in [3.63, 3.8) is 0 Å². The molecule has 4 heterocycles. The first-order chi connectivity index (χ1) is 25.9. The number of ether oxygens (including phenoxy) is 2. The van der Waals surface area contributed by atoms with Crippen LogP contribution in [-0.2, 0) is 29.8 Å². The summed E-state index contributed by atoms with van der Waals surface area (Å²) in [7, 11) is 0.974. The van der Waals surface area contributed by atoms with E-state index in [-0.39, 0.29) is 40.8 Å². The van der Waals surface area contributed by atoms with Gasteiger partial charge >= 0.3 is 30.6 Å². The maximum Gasteiger partial charge on any atom is 0.434 e. The largest absolute Gasteiger partial charge is 0.493 e. The van der Waals surface area contributed by atoms with Gasteiger partial charge in [0, 0.05) is 23.4 Å². The fourth-order valence-electron chi connectivity index (χ4n) is 6.78. The second-order valence-corrected chi connectivity index (χ2v) is 13.2. The predicted molar refractivity (Wildman–Crippen MR) is 163 cm³/mol. The first kappa shape index (κ1) is 38.5. The van der Waals surface area contributed by atoms with Crippen LogP contribution in [0, 0.1) is 5.82 Å². The fraction of sp³-hybridized carbons (Fsp3) is 0.364. The molecule has 1 N–H and O–H groups in total. The third-order valence-electron chi connectivity index (χ3n) is 9.47. The van der Waals surface area contributed by atoms with E-state index < -0.39 is 119 Å². The van der Waals surface area contributed by atoms with Crippen molar-refractivity contribution in [2.75, 3.05) is 25.1 Å². The molecule has 0 unspecified atom stereocenters. The van der Waals surface area contributed by atoms with Gasteiger partial charge in [0.05, 0.1) is 61.0 Å². The normalized spacial score (nSPS) is 18.9. The van der Waals surface area contributed by atoms with Crippen LogP contribution in [0.1, 0.15) is 57.4 Å². The summed E-state index contributed by atoms with van der Waals surface area (Å²) in [5.41, 5.74) is -10.3. The number of nitrogens with zero attached hydrogens (tertiary/aromatic N) is 6. The highest BCUT2D eigenvalue weighted by Crippen LogP contribution is 2.58. The molecular weight excluding hydrogens is 788 g/mol. The molecule has 4 aromatic rings. The molecule has 1 atom stereocenters. The van der Waals surface area contributed by atoms with E-state index in [1.807, 2.05) is 0 Å². The number of aromatic nitrogens is 4. The number of hydrogen-bond donors (Lipinski definition) is 1. The zero-order valence-electron chi connectivity index (χ0n) is 28.0. The van der Waals surface area contributed by atoms with E-state index in [2.05, 4.69) is 15.1 Å². The van der Waals surface area contributed by atoms with Crippen LogP contribution in [-0.4, -0.2) is 73.5 Å². The molecule has 298 valence electrons. The number of aromatic carboxylic acids is 1. The number of rotatable bonds is 8. The highest BCUT2D eigenvalue weighted by molar-refractivity contribution is 5.89. The van der Waals surface area contributed by atoms with Gasteiger partial charge < -0.3 is 19.5 Å². The molecule has 1 saturated carbocycles. The Bertz CT molecular complexity index is 2230. The van der Waals surface area contributed by atoms with Crippen molar-refractivity contribution < 1.29 is 76.9 Å². The van der Waals surface area contributed by atoms with E-state index in [0.29, 0.717) is 24.4 Å². The van der Waals surface area contributed by atoms with Crippen molar-refractivity contribution in [2.24, 2.45) is 0 Å². The van der Waals surface area contributed by atoms with Gasteiger partial charge in [0.25, 0.3) is 5.92 Å². The van der Waals surface area contributed by atoms with Crippen molar-refractivity contribution in [2.45, 2.75) is 55.5 Å². The monoisotopic (exact) mass is 810 g/mol. The van der Waals surface area contributed by atoms with E-state index >= 15 is 4.39 Å². The molecule has 2 aliphatic heterocycles. The number of carbonyl (C=O) groups excluding carboxylic acids is 1. The zero-order chi connectivity index (χ0) is 40.9. The number of methoxy groups -OCH3 is 1. The van der Waals surface area contributed by atoms with Gasteiger partial charge in [-0.25, -0.2) is 37.4 Å². The lowest BCUT2D eigenvalue weighted by Crippen LogP contribution is -2.57. The van der Waals surface area contributed by atoms with Gasteiger partial charge in [0.2, 0.25) is 5.95 Å². The Hall–Kier alpha value is -5.77. The van der Waals surface area contributed by atoms with Crippen molar-refractivity contribution in [3.8, 4) is 22.6 Å². The van der Waals surface area contributed by atoms with E-state index in [9.17, 15) is 63.0 Å². The summed E-state index contributed by atoms with van der Waals surface area (Å²) < 4.78 is 179. The number of carboxylic acids is 1. The minimum Gasteiger partial charge on any atom is -0.493 e. The number of anilines is 1. The smallest absolute Gasteiger partial charge is 0.434 e. The van der Waals surface area contributed by atoms with Crippen LogP contribution in [0.2, 0.25) is 0 Å². The maximum absolute atomic E-state index is 15.7. The molecule has 11 nitrogen and oxygen atoms in total. The zero-order valence-corrected chi connectivity index (χ0v) is 28.0. The Balaban J connectivity index is 1.35. The number of benzene rings is 2. The molecule has 1 amide bonds. The second-order valence-electron chi connectivity index (χ2n) is 13.2. The van der Waals surface area contributed by atoms with Crippen molar-refractivity contribution in [3.05, 3.63) is 82.2 Å². The second kappa shape index (κ2) is 12.6. The first-order valence-electron chi connectivity index (χ1n) is 16.0. The Morgan fingerprint density at radius 1 is 0.929 bits per heavy atom. The van der Waals surface area contributed by atoms with Crippen LogP contribution in [0.3, 0.4) is 0 Å². The number of halogens is 12. The minimum absolute atomic E-state index is 0.00844. The third kappa shape index (κ3) is 6.65. The van der Waals surface area contributed by atoms with Crippen LogP contribution in [0.4, 0.5) is 63.4 Å². The van der Waals surface area contributed by atoms with Crippen LogP contribution in [0.25, 0.3) is 16.8 Å². The quantitative estimate of drug-likeness (QED) is 0.177. The van der Waals surface area contributed by atoms with Gasteiger partial charge in [0.1, 0.15) is 5.56 Å². The third-order valence-corrected chi connectivity index (χ3v) is 9.47. The first-order valence-corrected chi connectivity index (χ1v) is 16.0. The molecule has 1 spiro atoms. The van der Waals surface area contributed by atoms with Gasteiger partial charge in [-0.1, -0.05) is 0 Å². The molecule has 2 aromatic heterocycles. The highest BCUT2D eigenvalue weighted by Gasteiger charge is 2.64. The van der Waals surface area contributed by atoms with E-state index in [1.54, 1.807) is 0 Å². The van der Waals surface area contributed by atoms with Gasteiger partial charge in [-0.2, -0.15) is 44.6 Å². The Labute approximate surface area is 305 Å². The molecule has 2 aromatic carbocycles. The van der Waals surface area contributed by atoms with Gasteiger partial charge in [0.15, 0.2) is 23.4 Å². The molecule has 3 fully saturated rings. The SMILES string of the molecule is COc1c(F)cc(-n2ncc(C(=O)O)c2C(F)(F)F)cc1-c1cnc(N2CC(F)(F)C2)nc1CN1C(=O)O[C@H](c2cc(C(F)(F)F)cc(C(F)(F)F)c2)C12CC2. The predicted octanol–water partition coefficient (Wildman–Crippen LogP) is 7.91. The van der Waals surface area contributed by atoms with Crippen molar-refractivity contribution in [1.82, 2.24) is 24.6 Å². The summed E-state index contributed by atoms with van der Waals surface area (Å²) >= 11 is 0. The van der Waals surface area contributed by atoms with Crippen LogP contribution in [0.5, 0.6) is 5.75 Å². The summed E-state index contributed by atoms with van der Waals surface area (Å²) in [5.74, 6) is -7.48. The minimum atomic E-state index is -5.33. The van der Waals surface area contributed by atoms with Gasteiger partial charge in [-0.3, -0.25) is 4.90 Å². The number of cyclic esters (lactones) is 1. The maximum atomic E-state index is 15.7. The van der Waals surface area contributed by atoms with Crippen molar-refractivity contribution in [1.29, 1.82) is 0 Å². The molecule has 3 aliphatic rings. The molecule has 1 aliphatic carbocycles. The van der Waals surface area contributed by atoms with Gasteiger partial charge in [-0.15, -0.1) is 0 Å². The molecule has 0 radical (unpaired) electrons.